The van der Waals surface area contributed by atoms with Gasteiger partial charge in [0, 0.05) is 19.2 Å². The number of halogens is 3. The molecule has 1 fully saturated rings. The second-order valence-electron chi connectivity index (χ2n) is 7.35. The lowest BCUT2D eigenvalue weighted by Crippen LogP contribution is -2.45. The van der Waals surface area contributed by atoms with E-state index in [0.717, 1.165) is 12.1 Å². The number of piperidine rings is 1. The van der Waals surface area contributed by atoms with E-state index in [1.165, 1.54) is 28.8 Å². The Morgan fingerprint density at radius 2 is 1.94 bits per heavy atom. The third-order valence-corrected chi connectivity index (χ3v) is 5.20. The number of carbonyl (C=O) groups is 2. The molecule has 0 radical (unpaired) electrons. The molecule has 0 saturated carbocycles. The number of aromatic nitrogens is 2. The Balaban J connectivity index is 1.71. The first kappa shape index (κ1) is 22.6. The Morgan fingerprint density at radius 3 is 2.55 bits per heavy atom. The quantitative estimate of drug-likeness (QED) is 0.713. The molecule has 2 N–H and O–H groups in total. The van der Waals surface area contributed by atoms with Crippen molar-refractivity contribution in [2.75, 3.05) is 25.5 Å². The molecule has 1 aromatic carbocycles. The van der Waals surface area contributed by atoms with Gasteiger partial charge in [-0.15, -0.1) is 0 Å². The van der Waals surface area contributed by atoms with Gasteiger partial charge < -0.3 is 14.7 Å². The number of aliphatic hydroxyl groups is 1. The number of urea groups is 1. The monoisotopic (exact) mass is 440 g/mol. The van der Waals surface area contributed by atoms with Crippen LogP contribution in [0.25, 0.3) is 5.69 Å². The van der Waals surface area contributed by atoms with Crippen molar-refractivity contribution in [2.24, 2.45) is 5.92 Å². The van der Waals surface area contributed by atoms with Gasteiger partial charge in [0.15, 0.2) is 6.10 Å². The molecule has 1 atom stereocenters. The molecule has 2 aromatic rings. The van der Waals surface area contributed by atoms with Gasteiger partial charge in [0.2, 0.25) is 0 Å². The van der Waals surface area contributed by atoms with E-state index in [9.17, 15) is 27.9 Å². The molecule has 2 heterocycles. The summed E-state index contributed by atoms with van der Waals surface area (Å²) in [6.07, 6.45) is -4.91. The number of likely N-dealkylation sites (tertiary alicyclic amines) is 1. The van der Waals surface area contributed by atoms with Gasteiger partial charge in [-0.3, -0.25) is 5.32 Å². The smallest absolute Gasteiger partial charge is 0.416 e. The van der Waals surface area contributed by atoms with E-state index in [0.29, 0.717) is 31.6 Å². The third kappa shape index (κ3) is 5.16. The van der Waals surface area contributed by atoms with Crippen molar-refractivity contribution in [1.29, 1.82) is 0 Å². The van der Waals surface area contributed by atoms with Crippen molar-refractivity contribution in [1.82, 2.24) is 14.7 Å². The van der Waals surface area contributed by atoms with E-state index in [2.05, 4.69) is 15.2 Å². The average molecular weight is 440 g/mol. The SMILES string of the molecule is COC(=O)C(O)C1CCN(C(=O)Nc2cc(C)nn2-c2cccc(C(F)(F)F)c2)CC1. The summed E-state index contributed by atoms with van der Waals surface area (Å²) in [5.74, 6) is -0.781. The fraction of sp³-hybridized carbons (Fsp3) is 0.450. The third-order valence-electron chi connectivity index (χ3n) is 5.20. The highest BCUT2D eigenvalue weighted by atomic mass is 19.4. The number of methoxy groups -OCH3 is 1. The molecule has 31 heavy (non-hydrogen) atoms. The number of rotatable bonds is 4. The Bertz CT molecular complexity index is 952. The second kappa shape index (κ2) is 8.96. The number of aliphatic hydroxyl groups excluding tert-OH is 1. The summed E-state index contributed by atoms with van der Waals surface area (Å²) in [6, 6.07) is 5.78. The number of amides is 2. The predicted molar refractivity (Wildman–Crippen MR) is 105 cm³/mol. The fourth-order valence-corrected chi connectivity index (χ4v) is 3.52. The number of carbonyl (C=O) groups excluding carboxylic acids is 2. The van der Waals surface area contributed by atoms with Crippen molar-refractivity contribution in [3.05, 3.63) is 41.6 Å². The molecule has 0 spiro atoms. The largest absolute Gasteiger partial charge is 0.467 e. The van der Waals surface area contributed by atoms with Crippen molar-refractivity contribution in [2.45, 2.75) is 32.0 Å². The zero-order valence-corrected chi connectivity index (χ0v) is 17.0. The van der Waals surface area contributed by atoms with Crippen LogP contribution in [0.1, 0.15) is 24.1 Å². The number of aryl methyl sites for hydroxylation is 1. The summed E-state index contributed by atoms with van der Waals surface area (Å²) in [5.41, 5.74) is -0.132. The molecule has 0 bridgehead atoms. The number of benzene rings is 1. The minimum Gasteiger partial charge on any atom is -0.467 e. The summed E-state index contributed by atoms with van der Waals surface area (Å²) >= 11 is 0. The number of nitrogens with zero attached hydrogens (tertiary/aromatic N) is 3. The molecule has 3 rings (SSSR count). The van der Waals surface area contributed by atoms with E-state index in [1.807, 2.05) is 0 Å². The topological polar surface area (TPSA) is 96.7 Å². The number of nitrogens with one attached hydrogen (secondary N) is 1. The first-order chi connectivity index (χ1) is 14.6. The highest BCUT2D eigenvalue weighted by Gasteiger charge is 2.33. The molecule has 1 aromatic heterocycles. The van der Waals surface area contributed by atoms with Crippen LogP contribution >= 0.6 is 0 Å². The average Bonchev–Trinajstić information content (AvgIpc) is 3.12. The van der Waals surface area contributed by atoms with Crippen LogP contribution in [0.5, 0.6) is 0 Å². The summed E-state index contributed by atoms with van der Waals surface area (Å²) < 4.78 is 44.9. The van der Waals surface area contributed by atoms with E-state index in [1.54, 1.807) is 13.0 Å². The fourth-order valence-electron chi connectivity index (χ4n) is 3.52. The van der Waals surface area contributed by atoms with E-state index in [4.69, 9.17) is 0 Å². The first-order valence-electron chi connectivity index (χ1n) is 9.66. The Morgan fingerprint density at radius 1 is 1.26 bits per heavy atom. The van der Waals surface area contributed by atoms with Crippen molar-refractivity contribution < 1.29 is 32.6 Å². The van der Waals surface area contributed by atoms with Crippen LogP contribution < -0.4 is 5.32 Å². The molecule has 1 aliphatic heterocycles. The number of hydrogen-bond donors (Lipinski definition) is 2. The van der Waals surface area contributed by atoms with Crippen molar-refractivity contribution in [3.63, 3.8) is 0 Å². The summed E-state index contributed by atoms with van der Waals surface area (Å²) in [6.45, 7) is 2.28. The highest BCUT2D eigenvalue weighted by molar-refractivity contribution is 5.89. The molecule has 11 heteroatoms. The van der Waals surface area contributed by atoms with Gasteiger partial charge in [0.05, 0.1) is 24.1 Å². The molecule has 168 valence electrons. The summed E-state index contributed by atoms with van der Waals surface area (Å²) in [4.78, 5) is 25.7. The molecule has 1 unspecified atom stereocenters. The van der Waals surface area contributed by atoms with Crippen molar-refractivity contribution >= 4 is 17.8 Å². The number of hydrogen-bond acceptors (Lipinski definition) is 5. The first-order valence-corrected chi connectivity index (χ1v) is 9.66. The number of esters is 1. The van der Waals surface area contributed by atoms with Crippen LogP contribution in [0, 0.1) is 12.8 Å². The zero-order chi connectivity index (χ0) is 22.8. The van der Waals surface area contributed by atoms with Crippen LogP contribution in [0.3, 0.4) is 0 Å². The Hall–Kier alpha value is -3.08. The maximum atomic E-state index is 13.1. The number of anilines is 1. The number of ether oxygens (including phenoxy) is 1. The maximum Gasteiger partial charge on any atom is 0.416 e. The van der Waals surface area contributed by atoms with Gasteiger partial charge in [-0.2, -0.15) is 18.3 Å². The van der Waals surface area contributed by atoms with Gasteiger partial charge in [-0.25, -0.2) is 14.3 Å². The predicted octanol–water partition coefficient (Wildman–Crippen LogP) is 2.98. The summed E-state index contributed by atoms with van der Waals surface area (Å²) in [7, 11) is 1.20. The lowest BCUT2D eigenvalue weighted by molar-refractivity contribution is -0.154. The van der Waals surface area contributed by atoms with Crippen LogP contribution in [0.15, 0.2) is 30.3 Å². The molecular formula is C20H23F3N4O4. The standard InChI is InChI=1S/C20H23F3N4O4/c1-12-10-16(27(25-12)15-5-3-4-14(11-15)20(21,22)23)24-19(30)26-8-6-13(7-9-26)17(28)18(29)31-2/h3-5,10-11,13,17,28H,6-9H2,1-2H3,(H,24,30). The van der Waals surface area contributed by atoms with Gasteiger partial charge in [0.25, 0.3) is 0 Å². The molecule has 0 aliphatic carbocycles. The molecular weight excluding hydrogens is 417 g/mol. The van der Waals surface area contributed by atoms with Gasteiger partial charge in [-0.05, 0) is 43.9 Å². The van der Waals surface area contributed by atoms with Gasteiger partial charge >= 0.3 is 18.2 Å². The van der Waals surface area contributed by atoms with E-state index < -0.39 is 29.8 Å². The molecule has 8 nitrogen and oxygen atoms in total. The lowest BCUT2D eigenvalue weighted by atomic mass is 9.91. The molecule has 1 aliphatic rings. The minimum atomic E-state index is -4.50. The van der Waals surface area contributed by atoms with Gasteiger partial charge in [-0.1, -0.05) is 6.07 Å². The second-order valence-corrected chi connectivity index (χ2v) is 7.35. The van der Waals surface area contributed by atoms with E-state index >= 15 is 0 Å². The van der Waals surface area contributed by atoms with Crippen LogP contribution in [-0.2, 0) is 15.7 Å². The van der Waals surface area contributed by atoms with E-state index in [-0.39, 0.29) is 17.4 Å². The molecule has 1 saturated heterocycles. The maximum absolute atomic E-state index is 13.1. The Labute approximate surface area is 176 Å². The summed E-state index contributed by atoms with van der Waals surface area (Å²) in [5, 5.41) is 16.8. The zero-order valence-electron chi connectivity index (χ0n) is 17.0. The van der Waals surface area contributed by atoms with Gasteiger partial charge in [0.1, 0.15) is 5.82 Å². The molecule has 2 amide bonds. The van der Waals surface area contributed by atoms with Crippen LogP contribution in [0.2, 0.25) is 0 Å². The van der Waals surface area contributed by atoms with Crippen LogP contribution in [-0.4, -0.2) is 58.1 Å². The number of alkyl halides is 3. The highest BCUT2D eigenvalue weighted by Crippen LogP contribution is 2.31. The normalized spacial score (nSPS) is 16.1. The minimum absolute atomic E-state index is 0.165. The Kier molecular flexibility index (Phi) is 6.54. The lowest BCUT2D eigenvalue weighted by Gasteiger charge is -2.33. The van der Waals surface area contributed by atoms with Crippen LogP contribution in [0.4, 0.5) is 23.8 Å². The van der Waals surface area contributed by atoms with Crippen molar-refractivity contribution in [3.8, 4) is 5.69 Å².